The van der Waals surface area contributed by atoms with E-state index in [2.05, 4.69) is 25.5 Å². The van der Waals surface area contributed by atoms with Crippen LogP contribution in [0.1, 0.15) is 78.6 Å². The number of nitrogens with zero attached hydrogens (tertiary/aromatic N) is 6. The van der Waals surface area contributed by atoms with Crippen molar-refractivity contribution in [2.45, 2.75) is 58.0 Å². The molecule has 33 heavy (non-hydrogen) atoms. The molecule has 1 atom stereocenters. The number of dihydropyridines is 1. The second kappa shape index (κ2) is 8.38. The maximum absolute atomic E-state index is 14.8. The summed E-state index contributed by atoms with van der Waals surface area (Å²) in [5.41, 5.74) is 2.45. The van der Waals surface area contributed by atoms with Crippen LogP contribution >= 0.6 is 0 Å². The monoisotopic (exact) mass is 447 g/mol. The van der Waals surface area contributed by atoms with Gasteiger partial charge in [-0.1, -0.05) is 6.08 Å². The van der Waals surface area contributed by atoms with Crippen LogP contribution in [0.4, 0.5) is 4.39 Å². The van der Waals surface area contributed by atoms with Crippen LogP contribution in [0.25, 0.3) is 5.69 Å². The number of carbonyl (C=O) groups excluding carboxylic acids is 1. The maximum Gasteiger partial charge on any atom is 0.259 e. The summed E-state index contributed by atoms with van der Waals surface area (Å²) in [6.07, 6.45) is 12.0. The van der Waals surface area contributed by atoms with Gasteiger partial charge in [-0.2, -0.15) is 0 Å². The number of rotatable bonds is 5. The molecule has 1 N–H and O–H groups in total. The molecule has 1 aliphatic heterocycles. The van der Waals surface area contributed by atoms with Crippen molar-refractivity contribution in [1.82, 2.24) is 29.6 Å². The highest BCUT2D eigenvalue weighted by Gasteiger charge is 2.26. The van der Waals surface area contributed by atoms with E-state index in [1.165, 1.54) is 6.07 Å². The fourth-order valence-electron chi connectivity index (χ4n) is 4.05. The molecule has 0 bridgehead atoms. The number of aryl methyl sites for hydroxylation is 1. The third-order valence-electron chi connectivity index (χ3n) is 6.03. The lowest BCUT2D eigenvalue weighted by Gasteiger charge is -2.19. The molecule has 0 spiro atoms. The van der Waals surface area contributed by atoms with E-state index in [9.17, 15) is 9.18 Å². The minimum Gasteiger partial charge on any atom is -0.313 e. The Bertz CT molecular complexity index is 1270. The molecule has 2 aliphatic rings. The van der Waals surface area contributed by atoms with Gasteiger partial charge in [0.05, 0.1) is 23.3 Å². The van der Waals surface area contributed by atoms with E-state index in [4.69, 9.17) is 0 Å². The molecular weight excluding hydrogens is 421 g/mol. The van der Waals surface area contributed by atoms with Crippen LogP contribution in [0.3, 0.4) is 0 Å². The lowest BCUT2D eigenvalue weighted by atomic mass is 10.1. The quantitative estimate of drug-likeness (QED) is 0.635. The van der Waals surface area contributed by atoms with Gasteiger partial charge in [0.25, 0.3) is 5.91 Å². The lowest BCUT2D eigenvalue weighted by Crippen LogP contribution is -2.31. The number of amidine groups is 1. The van der Waals surface area contributed by atoms with Gasteiger partial charge in [-0.25, -0.2) is 9.37 Å². The van der Waals surface area contributed by atoms with Gasteiger partial charge >= 0.3 is 0 Å². The Morgan fingerprint density at radius 2 is 2.06 bits per heavy atom. The van der Waals surface area contributed by atoms with Gasteiger partial charge in [-0.05, 0) is 63.8 Å². The number of nitrogens with one attached hydrogen (secondary N) is 1. The molecule has 9 heteroatoms. The number of hydrogen-bond donors (Lipinski definition) is 1. The van der Waals surface area contributed by atoms with Gasteiger partial charge in [0.15, 0.2) is 5.82 Å². The Hall–Kier alpha value is -3.62. The van der Waals surface area contributed by atoms with Crippen molar-refractivity contribution in [3.05, 3.63) is 71.6 Å². The normalized spacial score (nSPS) is 18.0. The van der Waals surface area contributed by atoms with Crippen molar-refractivity contribution >= 4 is 11.7 Å². The fourth-order valence-corrected chi connectivity index (χ4v) is 4.05. The topological polar surface area (TPSA) is 90.0 Å². The van der Waals surface area contributed by atoms with Crippen molar-refractivity contribution in [2.24, 2.45) is 4.99 Å². The molecule has 170 valence electrons. The summed E-state index contributed by atoms with van der Waals surface area (Å²) in [7, 11) is 0. The first-order valence-corrected chi connectivity index (χ1v) is 11.2. The second-order valence-corrected chi connectivity index (χ2v) is 8.91. The van der Waals surface area contributed by atoms with Crippen LogP contribution in [0.5, 0.6) is 0 Å². The average molecular weight is 448 g/mol. The third-order valence-corrected chi connectivity index (χ3v) is 6.03. The van der Waals surface area contributed by atoms with Crippen molar-refractivity contribution in [2.75, 3.05) is 0 Å². The summed E-state index contributed by atoms with van der Waals surface area (Å²) in [5, 5.41) is 11.0. The van der Waals surface area contributed by atoms with Crippen LogP contribution < -0.4 is 5.32 Å². The predicted molar refractivity (Wildman–Crippen MR) is 122 cm³/mol. The van der Waals surface area contributed by atoms with E-state index in [1.54, 1.807) is 24.8 Å². The first-order chi connectivity index (χ1) is 15.9. The van der Waals surface area contributed by atoms with Crippen LogP contribution in [0.2, 0.25) is 0 Å². The minimum absolute atomic E-state index is 0.0409. The zero-order valence-corrected chi connectivity index (χ0v) is 18.9. The number of aliphatic imine (C=N–C) groups is 1. The van der Waals surface area contributed by atoms with E-state index in [-0.39, 0.29) is 17.6 Å². The predicted octanol–water partition coefficient (Wildman–Crippen LogP) is 4.20. The number of aromatic nitrogens is 5. The summed E-state index contributed by atoms with van der Waals surface area (Å²) in [6, 6.07) is 2.88. The lowest BCUT2D eigenvalue weighted by molar-refractivity contribution is 0.0973. The summed E-state index contributed by atoms with van der Waals surface area (Å²) < 4.78 is 18.6. The van der Waals surface area contributed by atoms with Crippen LogP contribution in [-0.2, 0) is 0 Å². The Morgan fingerprint density at radius 1 is 1.24 bits per heavy atom. The zero-order valence-electron chi connectivity index (χ0n) is 18.9. The summed E-state index contributed by atoms with van der Waals surface area (Å²) in [6.45, 7) is 5.91. The zero-order chi connectivity index (χ0) is 23.1. The first-order valence-electron chi connectivity index (χ1n) is 11.2. The molecule has 1 unspecified atom stereocenters. The van der Waals surface area contributed by atoms with Crippen molar-refractivity contribution in [3.63, 3.8) is 0 Å². The molecule has 0 radical (unpaired) electrons. The number of benzene rings is 1. The molecule has 3 heterocycles. The third kappa shape index (κ3) is 4.22. The molecule has 3 aromatic rings. The Balaban J connectivity index is 1.39. The molecule has 8 nitrogen and oxygen atoms in total. The summed E-state index contributed by atoms with van der Waals surface area (Å²) >= 11 is 0. The molecule has 1 aromatic carbocycles. The number of imidazole rings is 1. The van der Waals surface area contributed by atoms with Gasteiger partial charge in [0.1, 0.15) is 24.0 Å². The highest BCUT2D eigenvalue weighted by atomic mass is 19.1. The standard InChI is InChI=1S/C24H26FN7O/c1-14(2)32-13-27-30-23(32)19-5-4-6-22(28-19)29-24(33)17-10-21(15(3)9-18(17)25)31-11-20(26-12-31)16-7-8-16/h4,6,9-14,16,19H,5,7-8H2,1-3H3,(H,28,29,33). The van der Waals surface area contributed by atoms with E-state index in [0.717, 1.165) is 35.6 Å². The first kappa shape index (κ1) is 21.2. The summed E-state index contributed by atoms with van der Waals surface area (Å²) in [4.78, 5) is 22.1. The van der Waals surface area contributed by atoms with Crippen molar-refractivity contribution in [3.8, 4) is 5.69 Å². The molecule has 1 fully saturated rings. The Kier molecular flexibility index (Phi) is 5.39. The summed E-state index contributed by atoms with van der Waals surface area (Å²) in [5.74, 6) is 0.491. The largest absolute Gasteiger partial charge is 0.313 e. The number of carbonyl (C=O) groups is 1. The maximum atomic E-state index is 14.8. The van der Waals surface area contributed by atoms with Gasteiger partial charge in [-0.15, -0.1) is 10.2 Å². The highest BCUT2D eigenvalue weighted by Crippen LogP contribution is 2.39. The van der Waals surface area contributed by atoms with Gasteiger partial charge in [0, 0.05) is 18.2 Å². The number of halogens is 1. The van der Waals surface area contributed by atoms with Crippen molar-refractivity contribution < 1.29 is 9.18 Å². The van der Waals surface area contributed by atoms with Crippen LogP contribution in [0.15, 0.2) is 48.1 Å². The molecule has 1 aliphatic carbocycles. The van der Waals surface area contributed by atoms with Gasteiger partial charge < -0.3 is 14.5 Å². The smallest absolute Gasteiger partial charge is 0.259 e. The van der Waals surface area contributed by atoms with E-state index in [1.807, 2.05) is 42.2 Å². The molecule has 1 amide bonds. The van der Waals surface area contributed by atoms with Crippen LogP contribution in [-0.4, -0.2) is 36.1 Å². The van der Waals surface area contributed by atoms with E-state index in [0.29, 0.717) is 18.2 Å². The van der Waals surface area contributed by atoms with E-state index >= 15 is 0 Å². The van der Waals surface area contributed by atoms with Gasteiger partial charge in [0.2, 0.25) is 0 Å². The number of amides is 1. The SMILES string of the molecule is Cc1cc(F)c(C(=O)NC2=NC(c3nncn3C(C)C)CC=C2)cc1-n1cnc(C2CC2)c1. The van der Waals surface area contributed by atoms with Crippen LogP contribution in [0, 0.1) is 12.7 Å². The van der Waals surface area contributed by atoms with Gasteiger partial charge in [-0.3, -0.25) is 9.79 Å². The molecule has 0 saturated heterocycles. The second-order valence-electron chi connectivity index (χ2n) is 8.91. The average Bonchev–Trinajstić information content (AvgIpc) is 3.31. The molecule has 2 aromatic heterocycles. The minimum atomic E-state index is -0.576. The Labute approximate surface area is 191 Å². The molecule has 5 rings (SSSR count). The fraction of sp³-hybridized carbons (Fsp3) is 0.375. The van der Waals surface area contributed by atoms with Crippen molar-refractivity contribution in [1.29, 1.82) is 0 Å². The number of hydrogen-bond acceptors (Lipinski definition) is 5. The molecule has 1 saturated carbocycles. The Morgan fingerprint density at radius 3 is 2.82 bits per heavy atom. The van der Waals surface area contributed by atoms with E-state index < -0.39 is 11.7 Å². The highest BCUT2D eigenvalue weighted by molar-refractivity contribution is 6.10. The molecular formula is C24H26FN7O.